The van der Waals surface area contributed by atoms with Crippen molar-refractivity contribution in [1.29, 1.82) is 0 Å². The molecule has 0 unspecified atom stereocenters. The summed E-state index contributed by atoms with van der Waals surface area (Å²) in [5.74, 6) is -0.000930. The van der Waals surface area contributed by atoms with Gasteiger partial charge in [0.2, 0.25) is 0 Å². The first-order valence-corrected chi connectivity index (χ1v) is 6.27. The highest BCUT2D eigenvalue weighted by molar-refractivity contribution is 6.03. The molecule has 1 aromatic carbocycles. The zero-order valence-corrected chi connectivity index (χ0v) is 11.3. The van der Waals surface area contributed by atoms with Gasteiger partial charge in [-0.3, -0.25) is 4.79 Å². The summed E-state index contributed by atoms with van der Waals surface area (Å²) in [6.07, 6.45) is 1.88. The third kappa shape index (κ3) is 2.78. The zero-order valence-electron chi connectivity index (χ0n) is 11.3. The van der Waals surface area contributed by atoms with E-state index in [4.69, 9.17) is 0 Å². The molecule has 0 aliphatic rings. The zero-order chi connectivity index (χ0) is 14.0. The number of amides is 1. The van der Waals surface area contributed by atoms with E-state index in [0.29, 0.717) is 11.4 Å². The number of rotatable bonds is 3. The molecule has 2 aromatic rings. The van der Waals surface area contributed by atoms with Crippen LogP contribution in [-0.2, 0) is 0 Å². The third-order valence-corrected chi connectivity index (χ3v) is 3.03. The molecule has 1 aromatic heterocycles. The first-order chi connectivity index (χ1) is 8.99. The van der Waals surface area contributed by atoms with Gasteiger partial charge in [-0.2, -0.15) is 0 Å². The Morgan fingerprint density at radius 3 is 2.68 bits per heavy atom. The molecular weight excluding hydrogens is 240 g/mol. The van der Waals surface area contributed by atoms with Crippen molar-refractivity contribution in [2.45, 2.75) is 26.8 Å². The van der Waals surface area contributed by atoms with Gasteiger partial charge >= 0.3 is 0 Å². The van der Waals surface area contributed by atoms with Crippen molar-refractivity contribution < 1.29 is 9.90 Å². The Morgan fingerprint density at radius 1 is 1.32 bits per heavy atom. The summed E-state index contributed by atoms with van der Waals surface area (Å²) in [7, 11) is 0. The Balaban J connectivity index is 2.21. The Morgan fingerprint density at radius 2 is 2.05 bits per heavy atom. The number of carbonyl (C=O) groups excluding carboxylic acids is 1. The molecule has 0 bridgehead atoms. The maximum absolute atomic E-state index is 12.2. The molecule has 0 aliphatic carbocycles. The Kier molecular flexibility index (Phi) is 3.60. The molecule has 2 rings (SSSR count). The fourth-order valence-electron chi connectivity index (χ4n) is 1.92. The SMILES string of the molecule is Cc1ccc(NC(=O)c2cccn2C(C)C)cc1O. The number of phenols is 1. The molecular formula is C15H18N2O2. The lowest BCUT2D eigenvalue weighted by Gasteiger charge is -2.13. The van der Waals surface area contributed by atoms with Crippen molar-refractivity contribution in [3.05, 3.63) is 47.8 Å². The largest absolute Gasteiger partial charge is 0.508 e. The molecule has 0 radical (unpaired) electrons. The number of carbonyl (C=O) groups is 1. The van der Waals surface area contributed by atoms with Crippen molar-refractivity contribution in [2.75, 3.05) is 5.32 Å². The average molecular weight is 258 g/mol. The molecule has 2 N–H and O–H groups in total. The average Bonchev–Trinajstić information content (AvgIpc) is 2.83. The van der Waals surface area contributed by atoms with Crippen molar-refractivity contribution in [3.8, 4) is 5.75 Å². The summed E-state index contributed by atoms with van der Waals surface area (Å²) in [5.41, 5.74) is 1.98. The minimum atomic E-state index is -0.179. The van der Waals surface area contributed by atoms with E-state index >= 15 is 0 Å². The lowest BCUT2D eigenvalue weighted by molar-refractivity contribution is 0.101. The summed E-state index contributed by atoms with van der Waals surface area (Å²) in [6, 6.07) is 8.95. The fourth-order valence-corrected chi connectivity index (χ4v) is 1.92. The van der Waals surface area contributed by atoms with Crippen LogP contribution in [0, 0.1) is 6.92 Å². The van der Waals surface area contributed by atoms with Crippen LogP contribution in [0.15, 0.2) is 36.5 Å². The van der Waals surface area contributed by atoms with E-state index in [9.17, 15) is 9.90 Å². The highest BCUT2D eigenvalue weighted by Crippen LogP contribution is 2.21. The fraction of sp³-hybridized carbons (Fsp3) is 0.267. The molecule has 1 heterocycles. The molecule has 19 heavy (non-hydrogen) atoms. The lowest BCUT2D eigenvalue weighted by Crippen LogP contribution is -2.17. The number of benzene rings is 1. The number of phenolic OH excluding ortho intramolecular Hbond substituents is 1. The number of aromatic nitrogens is 1. The lowest BCUT2D eigenvalue weighted by atomic mass is 10.2. The Hall–Kier alpha value is -2.23. The first kappa shape index (κ1) is 13.2. The number of nitrogens with zero attached hydrogens (tertiary/aromatic N) is 1. The molecule has 4 heteroatoms. The highest BCUT2D eigenvalue weighted by atomic mass is 16.3. The van der Waals surface area contributed by atoms with E-state index in [1.54, 1.807) is 24.3 Å². The van der Waals surface area contributed by atoms with Crippen molar-refractivity contribution in [2.24, 2.45) is 0 Å². The van der Waals surface area contributed by atoms with Crippen molar-refractivity contribution in [1.82, 2.24) is 4.57 Å². The monoisotopic (exact) mass is 258 g/mol. The van der Waals surface area contributed by atoms with Crippen LogP contribution in [0.2, 0.25) is 0 Å². The van der Waals surface area contributed by atoms with Gasteiger partial charge < -0.3 is 15.0 Å². The van der Waals surface area contributed by atoms with Gasteiger partial charge in [0.25, 0.3) is 5.91 Å². The minimum absolute atomic E-state index is 0.178. The maximum Gasteiger partial charge on any atom is 0.272 e. The van der Waals surface area contributed by atoms with Gasteiger partial charge in [0, 0.05) is 24.0 Å². The molecule has 0 saturated heterocycles. The molecule has 0 atom stereocenters. The number of nitrogens with one attached hydrogen (secondary N) is 1. The molecule has 0 saturated carbocycles. The van der Waals surface area contributed by atoms with Crippen LogP contribution >= 0.6 is 0 Å². The molecule has 4 nitrogen and oxygen atoms in total. The number of aromatic hydroxyl groups is 1. The van der Waals surface area contributed by atoms with E-state index in [2.05, 4.69) is 5.32 Å². The Labute approximate surface area is 112 Å². The minimum Gasteiger partial charge on any atom is -0.508 e. The molecule has 0 spiro atoms. The standard InChI is InChI=1S/C15H18N2O2/c1-10(2)17-8-4-5-13(17)15(19)16-12-7-6-11(3)14(18)9-12/h4-10,18H,1-3H3,(H,16,19). The van der Waals surface area contributed by atoms with Gasteiger partial charge in [0.05, 0.1) is 0 Å². The van der Waals surface area contributed by atoms with E-state index in [0.717, 1.165) is 5.56 Å². The summed E-state index contributed by atoms with van der Waals surface area (Å²) in [6.45, 7) is 5.85. The number of anilines is 1. The summed E-state index contributed by atoms with van der Waals surface area (Å²) >= 11 is 0. The molecule has 1 amide bonds. The van der Waals surface area contributed by atoms with Crippen molar-refractivity contribution >= 4 is 11.6 Å². The Bertz CT molecular complexity index is 600. The van der Waals surface area contributed by atoms with Crippen LogP contribution < -0.4 is 5.32 Å². The number of aryl methyl sites for hydroxylation is 1. The van der Waals surface area contributed by atoms with Crippen LogP contribution in [0.5, 0.6) is 5.75 Å². The normalized spacial score (nSPS) is 10.7. The van der Waals surface area contributed by atoms with Gasteiger partial charge in [-0.1, -0.05) is 6.07 Å². The van der Waals surface area contributed by atoms with E-state index in [1.165, 1.54) is 0 Å². The van der Waals surface area contributed by atoms with Crippen LogP contribution in [0.3, 0.4) is 0 Å². The van der Waals surface area contributed by atoms with E-state index in [1.807, 2.05) is 37.6 Å². The summed E-state index contributed by atoms with van der Waals surface area (Å²) in [4.78, 5) is 12.2. The van der Waals surface area contributed by atoms with Gasteiger partial charge in [-0.05, 0) is 44.5 Å². The van der Waals surface area contributed by atoms with Crippen LogP contribution in [0.4, 0.5) is 5.69 Å². The van der Waals surface area contributed by atoms with Crippen LogP contribution in [0.25, 0.3) is 0 Å². The van der Waals surface area contributed by atoms with E-state index < -0.39 is 0 Å². The topological polar surface area (TPSA) is 54.3 Å². The van der Waals surface area contributed by atoms with E-state index in [-0.39, 0.29) is 17.7 Å². The van der Waals surface area contributed by atoms with Crippen LogP contribution in [-0.4, -0.2) is 15.6 Å². The third-order valence-electron chi connectivity index (χ3n) is 3.03. The molecule has 100 valence electrons. The van der Waals surface area contributed by atoms with Gasteiger partial charge in [-0.15, -0.1) is 0 Å². The van der Waals surface area contributed by atoms with Crippen LogP contribution in [0.1, 0.15) is 35.9 Å². The quantitative estimate of drug-likeness (QED) is 0.887. The first-order valence-electron chi connectivity index (χ1n) is 6.27. The maximum atomic E-state index is 12.2. The summed E-state index contributed by atoms with van der Waals surface area (Å²) < 4.78 is 1.91. The smallest absolute Gasteiger partial charge is 0.272 e. The second-order valence-corrected chi connectivity index (χ2v) is 4.85. The van der Waals surface area contributed by atoms with Gasteiger partial charge in [-0.25, -0.2) is 0 Å². The number of hydrogen-bond donors (Lipinski definition) is 2. The van der Waals surface area contributed by atoms with Crippen molar-refractivity contribution in [3.63, 3.8) is 0 Å². The number of hydrogen-bond acceptors (Lipinski definition) is 2. The van der Waals surface area contributed by atoms with Gasteiger partial charge in [0.1, 0.15) is 11.4 Å². The molecule has 0 fully saturated rings. The predicted octanol–water partition coefficient (Wildman–Crippen LogP) is 3.34. The van der Waals surface area contributed by atoms with Gasteiger partial charge in [0.15, 0.2) is 0 Å². The summed E-state index contributed by atoms with van der Waals surface area (Å²) in [5, 5.41) is 12.4. The molecule has 0 aliphatic heterocycles. The second-order valence-electron chi connectivity index (χ2n) is 4.85. The highest BCUT2D eigenvalue weighted by Gasteiger charge is 2.13. The predicted molar refractivity (Wildman–Crippen MR) is 75.6 cm³/mol. The second kappa shape index (κ2) is 5.18.